The highest BCUT2D eigenvalue weighted by atomic mass is 19.4. The number of aldehydes is 1. The molecule has 2 nitrogen and oxygen atoms in total. The van der Waals surface area contributed by atoms with Crippen molar-refractivity contribution >= 4 is 6.29 Å². The van der Waals surface area contributed by atoms with Crippen LogP contribution in [0.5, 0.6) is 0 Å². The van der Waals surface area contributed by atoms with E-state index in [0.29, 0.717) is 0 Å². The van der Waals surface area contributed by atoms with Crippen molar-refractivity contribution in [3.8, 4) is 0 Å². The maximum atomic E-state index is 12.8. The Bertz CT molecular complexity index is 414. The molecule has 0 unspecified atom stereocenters. The van der Waals surface area contributed by atoms with E-state index in [1.807, 2.05) is 0 Å². The van der Waals surface area contributed by atoms with Crippen molar-refractivity contribution in [1.82, 2.24) is 4.98 Å². The monoisotopic (exact) mass is 243 g/mol. The summed E-state index contributed by atoms with van der Waals surface area (Å²) >= 11 is 0. The van der Waals surface area contributed by atoms with Crippen LogP contribution in [0.15, 0.2) is 6.20 Å². The molecule has 0 N–H and O–H groups in total. The van der Waals surface area contributed by atoms with Crippen LogP contribution >= 0.6 is 0 Å². The lowest BCUT2D eigenvalue weighted by Gasteiger charge is -2.12. The van der Waals surface area contributed by atoms with Crippen LogP contribution in [-0.4, -0.2) is 11.3 Å². The molecule has 0 amide bonds. The minimum Gasteiger partial charge on any atom is -0.298 e. The minimum atomic E-state index is -5.17. The molecule has 16 heavy (non-hydrogen) atoms. The van der Waals surface area contributed by atoms with Crippen molar-refractivity contribution in [1.29, 1.82) is 0 Å². The number of nitrogens with zero attached hydrogens (tertiary/aromatic N) is 1. The van der Waals surface area contributed by atoms with Crippen molar-refractivity contribution < 1.29 is 31.1 Å². The van der Waals surface area contributed by atoms with Gasteiger partial charge in [-0.15, -0.1) is 0 Å². The van der Waals surface area contributed by atoms with Gasteiger partial charge in [0, 0.05) is 0 Å². The molecule has 0 atom stereocenters. The minimum absolute atomic E-state index is 0.0818. The number of pyridine rings is 1. The lowest BCUT2D eigenvalue weighted by atomic mass is 10.1. The van der Waals surface area contributed by atoms with Crippen LogP contribution in [0.1, 0.15) is 28.0 Å². The number of halogens is 6. The van der Waals surface area contributed by atoms with Crippen molar-refractivity contribution in [2.45, 2.75) is 12.6 Å². The highest BCUT2D eigenvalue weighted by Crippen LogP contribution is 2.36. The Morgan fingerprint density at radius 1 is 1.31 bits per heavy atom. The van der Waals surface area contributed by atoms with E-state index in [1.165, 1.54) is 0 Å². The van der Waals surface area contributed by atoms with Crippen LogP contribution in [0.25, 0.3) is 0 Å². The van der Waals surface area contributed by atoms with E-state index in [9.17, 15) is 31.1 Å². The molecule has 1 aromatic rings. The summed E-state index contributed by atoms with van der Waals surface area (Å²) in [5.74, 6) is -1.52. The van der Waals surface area contributed by atoms with Crippen LogP contribution < -0.4 is 0 Å². The van der Waals surface area contributed by atoms with Crippen molar-refractivity contribution in [2.24, 2.45) is 0 Å². The zero-order valence-electron chi connectivity index (χ0n) is 7.36. The number of rotatable bonds is 2. The van der Waals surface area contributed by atoms with E-state index in [2.05, 4.69) is 4.98 Å². The Labute approximate surface area is 84.9 Å². The first-order chi connectivity index (χ1) is 7.29. The quantitative estimate of drug-likeness (QED) is 0.590. The number of alkyl halides is 5. The van der Waals surface area contributed by atoms with Gasteiger partial charge < -0.3 is 0 Å². The van der Waals surface area contributed by atoms with Crippen LogP contribution in [-0.2, 0) is 6.18 Å². The van der Waals surface area contributed by atoms with Crippen LogP contribution in [0.4, 0.5) is 26.3 Å². The maximum absolute atomic E-state index is 12.8. The number of hydrogen-bond donors (Lipinski definition) is 0. The summed E-state index contributed by atoms with van der Waals surface area (Å²) in [6.45, 7) is 0. The fourth-order valence-corrected chi connectivity index (χ4v) is 1.08. The first-order valence-corrected chi connectivity index (χ1v) is 3.78. The molecule has 88 valence electrons. The second-order valence-electron chi connectivity index (χ2n) is 2.70. The number of carbonyl (C=O) groups excluding carboxylic acids is 1. The molecule has 0 bridgehead atoms. The Morgan fingerprint density at radius 3 is 2.25 bits per heavy atom. The van der Waals surface area contributed by atoms with Gasteiger partial charge in [-0.3, -0.25) is 4.79 Å². The number of hydrogen-bond acceptors (Lipinski definition) is 2. The predicted molar refractivity (Wildman–Crippen MR) is 39.5 cm³/mol. The van der Waals surface area contributed by atoms with E-state index in [1.54, 1.807) is 0 Å². The zero-order chi connectivity index (χ0) is 12.5. The number of carbonyl (C=O) groups is 1. The largest absolute Gasteiger partial charge is 0.433 e. The molecule has 1 heterocycles. The van der Waals surface area contributed by atoms with Gasteiger partial charge in [0.05, 0.1) is 17.3 Å². The maximum Gasteiger partial charge on any atom is 0.433 e. The van der Waals surface area contributed by atoms with Gasteiger partial charge in [0.15, 0.2) is 17.8 Å². The molecule has 0 aliphatic carbocycles. The first-order valence-electron chi connectivity index (χ1n) is 3.78. The van der Waals surface area contributed by atoms with Gasteiger partial charge in [-0.1, -0.05) is 0 Å². The third-order valence-corrected chi connectivity index (χ3v) is 1.71. The van der Waals surface area contributed by atoms with E-state index in [-0.39, 0.29) is 6.20 Å². The molecule has 0 saturated carbocycles. The lowest BCUT2D eigenvalue weighted by molar-refractivity contribution is -0.143. The molecule has 8 heteroatoms. The number of aromatic nitrogens is 1. The average molecular weight is 243 g/mol. The second-order valence-corrected chi connectivity index (χ2v) is 2.70. The second kappa shape index (κ2) is 4.11. The molecular formula is C8H3F6NO. The summed E-state index contributed by atoms with van der Waals surface area (Å²) in [5.41, 5.74) is -5.01. The normalized spacial score (nSPS) is 11.9. The van der Waals surface area contributed by atoms with Gasteiger partial charge in [0.1, 0.15) is 0 Å². The smallest absolute Gasteiger partial charge is 0.298 e. The summed E-state index contributed by atoms with van der Waals surface area (Å²) in [6.07, 6.45) is -9.12. The Kier molecular flexibility index (Phi) is 3.20. The van der Waals surface area contributed by atoms with Crippen molar-refractivity contribution in [3.05, 3.63) is 28.8 Å². The van der Waals surface area contributed by atoms with Gasteiger partial charge in [-0.05, 0) is 0 Å². The van der Waals surface area contributed by atoms with Gasteiger partial charge in [0.2, 0.25) is 0 Å². The molecule has 0 radical (unpaired) electrons. The van der Waals surface area contributed by atoms with Gasteiger partial charge >= 0.3 is 6.18 Å². The molecule has 0 aliphatic heterocycles. The Hall–Kier alpha value is -1.60. The fraction of sp³-hybridized carbons (Fsp3) is 0.250. The van der Waals surface area contributed by atoms with E-state index < -0.39 is 41.5 Å². The highest BCUT2D eigenvalue weighted by Gasteiger charge is 2.39. The third kappa shape index (κ3) is 2.15. The van der Waals surface area contributed by atoms with E-state index in [0.717, 1.165) is 0 Å². The molecule has 1 rings (SSSR count). The topological polar surface area (TPSA) is 30.0 Å². The zero-order valence-corrected chi connectivity index (χ0v) is 7.36. The standard InChI is InChI=1S/C8H3F6NO/c9-4-1-15-6(8(12,13)14)5(7(10)11)3(4)2-16/h1-2,7H. The van der Waals surface area contributed by atoms with Crippen LogP contribution in [0.2, 0.25) is 0 Å². The summed E-state index contributed by atoms with van der Waals surface area (Å²) in [7, 11) is 0. The Morgan fingerprint density at radius 2 is 1.88 bits per heavy atom. The van der Waals surface area contributed by atoms with E-state index in [4.69, 9.17) is 0 Å². The van der Waals surface area contributed by atoms with Crippen molar-refractivity contribution in [3.63, 3.8) is 0 Å². The van der Waals surface area contributed by atoms with Crippen molar-refractivity contribution in [2.75, 3.05) is 0 Å². The predicted octanol–water partition coefficient (Wildman–Crippen LogP) is 2.99. The first kappa shape index (κ1) is 12.5. The summed E-state index contributed by atoms with van der Waals surface area (Å²) in [6, 6.07) is 0. The average Bonchev–Trinajstić information content (AvgIpc) is 2.14. The van der Waals surface area contributed by atoms with Gasteiger partial charge in [-0.2, -0.15) is 13.2 Å². The molecule has 0 fully saturated rings. The third-order valence-electron chi connectivity index (χ3n) is 1.71. The lowest BCUT2D eigenvalue weighted by Crippen LogP contribution is -2.15. The molecular weight excluding hydrogens is 240 g/mol. The van der Waals surface area contributed by atoms with E-state index >= 15 is 0 Å². The molecule has 0 aromatic carbocycles. The summed E-state index contributed by atoms with van der Waals surface area (Å²) in [5, 5.41) is 0. The van der Waals surface area contributed by atoms with Gasteiger partial charge in [-0.25, -0.2) is 18.2 Å². The summed E-state index contributed by atoms with van der Waals surface area (Å²) < 4.78 is 74.1. The molecule has 0 spiro atoms. The molecule has 0 saturated heterocycles. The van der Waals surface area contributed by atoms with Crippen LogP contribution in [0, 0.1) is 5.82 Å². The Balaban J connectivity index is 3.58. The highest BCUT2D eigenvalue weighted by molar-refractivity contribution is 5.78. The van der Waals surface area contributed by atoms with Gasteiger partial charge in [0.25, 0.3) is 6.43 Å². The fourth-order valence-electron chi connectivity index (χ4n) is 1.08. The summed E-state index contributed by atoms with van der Waals surface area (Å²) in [4.78, 5) is 12.8. The molecule has 0 aliphatic rings. The van der Waals surface area contributed by atoms with Crippen LogP contribution in [0.3, 0.4) is 0 Å². The SMILES string of the molecule is O=Cc1c(F)cnc(C(F)(F)F)c1C(F)F. The molecule has 1 aromatic heterocycles.